The molecule has 0 radical (unpaired) electrons. The molecular weight excluding hydrogens is 434 g/mol. The lowest BCUT2D eigenvalue weighted by molar-refractivity contribution is 0.0290. The quantitative estimate of drug-likeness (QED) is 0.500. The highest BCUT2D eigenvalue weighted by Gasteiger charge is 2.41. The number of hydrogen-bond donors (Lipinski definition) is 1. The summed E-state index contributed by atoms with van der Waals surface area (Å²) in [5.41, 5.74) is 4.09. The third-order valence-electron chi connectivity index (χ3n) is 7.90. The highest BCUT2D eigenvalue weighted by atomic mass is 16.1. The Morgan fingerprint density at radius 2 is 1.86 bits per heavy atom. The van der Waals surface area contributed by atoms with Crippen molar-refractivity contribution in [1.29, 1.82) is 0 Å². The summed E-state index contributed by atoms with van der Waals surface area (Å²) < 4.78 is 0. The first-order chi connectivity index (χ1) is 17.2. The molecule has 3 aliphatic heterocycles. The minimum absolute atomic E-state index is 0.0115. The molecule has 0 aliphatic carbocycles. The topological polar surface area (TPSA) is 71.0 Å². The first kappa shape index (κ1) is 23.6. The molecule has 2 aromatic heterocycles. The summed E-state index contributed by atoms with van der Waals surface area (Å²) >= 11 is 0. The average molecular weight is 470 g/mol. The smallest absolute Gasteiger partial charge is 0.251 e. The molecule has 3 aliphatic rings. The Labute approximate surface area is 208 Å². The van der Waals surface area contributed by atoms with Crippen molar-refractivity contribution in [2.45, 2.75) is 57.4 Å². The van der Waals surface area contributed by atoms with E-state index in [0.717, 1.165) is 55.0 Å². The van der Waals surface area contributed by atoms with Crippen LogP contribution < -0.4 is 5.32 Å². The average Bonchev–Trinajstić information content (AvgIpc) is 2.93. The summed E-state index contributed by atoms with van der Waals surface area (Å²) in [7, 11) is 0. The van der Waals surface area contributed by atoms with E-state index in [1.54, 1.807) is 0 Å². The van der Waals surface area contributed by atoms with Gasteiger partial charge in [-0.3, -0.25) is 14.7 Å². The van der Waals surface area contributed by atoms with E-state index in [4.69, 9.17) is 9.97 Å². The number of rotatable bonds is 8. The van der Waals surface area contributed by atoms with Gasteiger partial charge in [-0.25, -0.2) is 9.97 Å². The number of carbonyl (C=O) groups excluding carboxylic acids is 1. The van der Waals surface area contributed by atoms with E-state index in [-0.39, 0.29) is 5.91 Å². The minimum atomic E-state index is 0.0115. The van der Waals surface area contributed by atoms with Crippen LogP contribution in [-0.2, 0) is 0 Å². The maximum Gasteiger partial charge on any atom is 0.251 e. The van der Waals surface area contributed by atoms with Crippen molar-refractivity contribution in [3.63, 3.8) is 0 Å². The lowest BCUT2D eigenvalue weighted by Gasteiger charge is -2.49. The number of pyridine rings is 1. The number of amides is 1. The van der Waals surface area contributed by atoms with Crippen LogP contribution in [0.25, 0.3) is 11.4 Å². The van der Waals surface area contributed by atoms with Crippen LogP contribution in [0.5, 0.6) is 0 Å². The molecule has 3 saturated heterocycles. The van der Waals surface area contributed by atoms with E-state index in [1.165, 1.54) is 12.1 Å². The van der Waals surface area contributed by atoms with Gasteiger partial charge in [-0.1, -0.05) is 32.0 Å². The van der Waals surface area contributed by atoms with E-state index in [2.05, 4.69) is 35.1 Å². The number of nitrogens with one attached hydrogen (secondary N) is 1. The van der Waals surface area contributed by atoms with Crippen LogP contribution in [0.2, 0.25) is 0 Å². The van der Waals surface area contributed by atoms with Crippen molar-refractivity contribution in [2.24, 2.45) is 5.92 Å². The summed E-state index contributed by atoms with van der Waals surface area (Å²) in [5.74, 6) is 2.25. The Morgan fingerprint density at radius 1 is 1.09 bits per heavy atom. The molecule has 0 saturated carbocycles. The van der Waals surface area contributed by atoms with Gasteiger partial charge in [0.1, 0.15) is 0 Å². The van der Waals surface area contributed by atoms with E-state index in [1.807, 2.05) is 54.9 Å². The molecule has 3 aromatic rings. The van der Waals surface area contributed by atoms with Crippen molar-refractivity contribution in [3.05, 3.63) is 77.9 Å². The number of piperidine rings is 3. The molecule has 5 heterocycles. The maximum absolute atomic E-state index is 12.6. The number of carbonyl (C=O) groups is 1. The van der Waals surface area contributed by atoms with E-state index < -0.39 is 0 Å². The molecule has 2 bridgehead atoms. The van der Waals surface area contributed by atoms with Gasteiger partial charge in [-0.05, 0) is 68.5 Å². The molecule has 6 nitrogen and oxygen atoms in total. The van der Waals surface area contributed by atoms with Crippen LogP contribution in [0.15, 0.2) is 60.9 Å². The number of benzene rings is 1. The molecule has 6 heteroatoms. The summed E-state index contributed by atoms with van der Waals surface area (Å²) in [6.45, 7) is 7.26. The Bertz CT molecular complexity index is 1130. The molecule has 182 valence electrons. The van der Waals surface area contributed by atoms with E-state index in [0.29, 0.717) is 30.3 Å². The zero-order chi connectivity index (χ0) is 24.2. The van der Waals surface area contributed by atoms with Crippen LogP contribution >= 0.6 is 0 Å². The van der Waals surface area contributed by atoms with Crippen molar-refractivity contribution >= 4 is 5.91 Å². The van der Waals surface area contributed by atoms with Gasteiger partial charge >= 0.3 is 0 Å². The van der Waals surface area contributed by atoms with Crippen molar-refractivity contribution < 1.29 is 4.79 Å². The highest BCUT2D eigenvalue weighted by molar-refractivity contribution is 5.94. The van der Waals surface area contributed by atoms with E-state index >= 15 is 0 Å². The van der Waals surface area contributed by atoms with Gasteiger partial charge in [0.15, 0.2) is 5.82 Å². The summed E-state index contributed by atoms with van der Waals surface area (Å²) in [6, 6.07) is 16.1. The number of fused-ring (bicyclic) bond motifs is 3. The Kier molecular flexibility index (Phi) is 7.19. The number of nitrogens with zero attached hydrogens (tertiary/aromatic N) is 4. The molecule has 1 unspecified atom stereocenters. The third kappa shape index (κ3) is 5.13. The molecule has 1 amide bonds. The normalized spacial score (nSPS) is 23.4. The fourth-order valence-electron chi connectivity index (χ4n) is 5.81. The second-order valence-electron chi connectivity index (χ2n) is 9.91. The summed E-state index contributed by atoms with van der Waals surface area (Å²) in [5, 5.41) is 3.17. The predicted molar refractivity (Wildman–Crippen MR) is 138 cm³/mol. The van der Waals surface area contributed by atoms with Crippen LogP contribution in [-0.4, -0.2) is 51.4 Å². The van der Waals surface area contributed by atoms with Gasteiger partial charge in [0.05, 0.1) is 0 Å². The fraction of sp³-hybridized carbons (Fsp3) is 0.448. The van der Waals surface area contributed by atoms with Gasteiger partial charge in [0, 0.05) is 65.9 Å². The van der Waals surface area contributed by atoms with Gasteiger partial charge in [-0.2, -0.15) is 0 Å². The summed E-state index contributed by atoms with van der Waals surface area (Å²) in [6.07, 6.45) is 8.05. The Morgan fingerprint density at radius 3 is 2.54 bits per heavy atom. The van der Waals surface area contributed by atoms with Gasteiger partial charge in [0.25, 0.3) is 5.91 Å². The fourth-order valence-corrected chi connectivity index (χ4v) is 5.81. The molecule has 35 heavy (non-hydrogen) atoms. The van der Waals surface area contributed by atoms with Gasteiger partial charge in [-0.15, -0.1) is 0 Å². The lowest BCUT2D eigenvalue weighted by Crippen LogP contribution is -2.56. The molecule has 0 spiro atoms. The number of hydrogen-bond acceptors (Lipinski definition) is 5. The third-order valence-corrected chi connectivity index (χ3v) is 7.90. The zero-order valence-corrected chi connectivity index (χ0v) is 20.7. The monoisotopic (exact) mass is 469 g/mol. The van der Waals surface area contributed by atoms with Crippen molar-refractivity contribution in [3.8, 4) is 11.4 Å². The zero-order valence-electron chi connectivity index (χ0n) is 20.7. The van der Waals surface area contributed by atoms with Crippen LogP contribution in [0.4, 0.5) is 0 Å². The van der Waals surface area contributed by atoms with Gasteiger partial charge in [0.2, 0.25) is 0 Å². The summed E-state index contributed by atoms with van der Waals surface area (Å²) in [4.78, 5) is 29.4. The molecule has 1 N–H and O–H groups in total. The molecule has 6 rings (SSSR count). The van der Waals surface area contributed by atoms with Gasteiger partial charge < -0.3 is 5.32 Å². The van der Waals surface area contributed by atoms with Crippen molar-refractivity contribution in [1.82, 2.24) is 25.2 Å². The number of aromatic nitrogens is 3. The standard InChI is InChI=1S/C29H35N5O/c1-3-20(4-2)26-17-27(33-28(32-26)21-10-13-30-14-11-21)25-19-34-15-12-23(25)16-24(34)18-31-29(35)22-8-6-5-7-9-22/h5-11,13-14,17,20,23-25H,3-4,12,15-16,18-19H2,1-2H3,(H,31,35)/t23-,24+,25+/m0/s1. The second-order valence-corrected chi connectivity index (χ2v) is 9.91. The van der Waals surface area contributed by atoms with Crippen LogP contribution in [0, 0.1) is 5.92 Å². The molecule has 4 atom stereocenters. The Hall–Kier alpha value is -3.12. The molecule has 1 aromatic carbocycles. The Balaban J connectivity index is 1.34. The first-order valence-electron chi connectivity index (χ1n) is 13.0. The van der Waals surface area contributed by atoms with E-state index in [9.17, 15) is 4.79 Å². The predicted octanol–water partition coefficient (Wildman–Crippen LogP) is 5.05. The SMILES string of the molecule is CCC(CC)c1cc([C@@H]2CN3CC[C@H]2C[C@@H]3CNC(=O)c2ccccc2)nc(-c2ccncc2)n1. The molecule has 3 fully saturated rings. The lowest BCUT2D eigenvalue weighted by atomic mass is 9.74. The van der Waals surface area contributed by atoms with Crippen molar-refractivity contribution in [2.75, 3.05) is 19.6 Å². The maximum atomic E-state index is 12.6. The first-order valence-corrected chi connectivity index (χ1v) is 13.0. The molecular formula is C29H35N5O. The largest absolute Gasteiger partial charge is 0.350 e. The van der Waals surface area contributed by atoms with Crippen LogP contribution in [0.1, 0.15) is 73.1 Å². The second kappa shape index (κ2) is 10.6. The van der Waals surface area contributed by atoms with Crippen LogP contribution in [0.3, 0.4) is 0 Å². The highest BCUT2D eigenvalue weighted by Crippen LogP contribution is 2.42. The minimum Gasteiger partial charge on any atom is -0.350 e.